The number of benzene rings is 2. The molecule has 0 bridgehead atoms. The van der Waals surface area contributed by atoms with E-state index in [2.05, 4.69) is 5.32 Å². The van der Waals surface area contributed by atoms with Crippen LogP contribution in [0.2, 0.25) is 5.02 Å². The van der Waals surface area contributed by atoms with Crippen LogP contribution in [0.3, 0.4) is 0 Å². The van der Waals surface area contributed by atoms with Crippen molar-refractivity contribution in [1.82, 2.24) is 10.2 Å². The number of nitrogens with zero attached hydrogens (tertiary/aromatic N) is 1. The fraction of sp³-hybridized carbons (Fsp3) is 0.462. The van der Waals surface area contributed by atoms with Gasteiger partial charge < -0.3 is 19.7 Å². The molecule has 0 radical (unpaired) electrons. The lowest BCUT2D eigenvalue weighted by Crippen LogP contribution is -2.49. The first-order valence-electron chi connectivity index (χ1n) is 11.4. The van der Waals surface area contributed by atoms with Crippen LogP contribution < -0.4 is 14.8 Å². The molecule has 0 aliphatic carbocycles. The lowest BCUT2D eigenvalue weighted by Gasteiger charge is -2.31. The molecule has 2 aromatic carbocycles. The number of halogens is 1. The predicted molar refractivity (Wildman–Crippen MR) is 132 cm³/mol. The molecule has 1 atom stereocenters. The molecule has 33 heavy (non-hydrogen) atoms. The number of ether oxygens (including phenoxy) is 2. The van der Waals surface area contributed by atoms with Crippen LogP contribution in [0.15, 0.2) is 48.5 Å². The van der Waals surface area contributed by atoms with Crippen molar-refractivity contribution in [3.8, 4) is 11.5 Å². The van der Waals surface area contributed by atoms with E-state index in [0.717, 1.165) is 11.3 Å². The Hall–Kier alpha value is -2.73. The molecular weight excluding hydrogens is 440 g/mol. The van der Waals surface area contributed by atoms with Crippen LogP contribution in [0.4, 0.5) is 0 Å². The Kier molecular flexibility index (Phi) is 11.0. The molecule has 7 heteroatoms. The average molecular weight is 475 g/mol. The molecule has 0 saturated carbocycles. The van der Waals surface area contributed by atoms with Crippen LogP contribution in [0.25, 0.3) is 0 Å². The van der Waals surface area contributed by atoms with Crippen molar-refractivity contribution in [3.63, 3.8) is 0 Å². The fourth-order valence-electron chi connectivity index (χ4n) is 3.36. The highest BCUT2D eigenvalue weighted by atomic mass is 35.5. The van der Waals surface area contributed by atoms with Crippen molar-refractivity contribution in [1.29, 1.82) is 0 Å². The van der Waals surface area contributed by atoms with E-state index < -0.39 is 6.04 Å². The van der Waals surface area contributed by atoms with Gasteiger partial charge in [0.2, 0.25) is 11.8 Å². The molecule has 0 saturated heterocycles. The Morgan fingerprint density at radius 2 is 1.67 bits per heavy atom. The number of hydrogen-bond acceptors (Lipinski definition) is 4. The Balaban J connectivity index is 2.05. The minimum Gasteiger partial charge on any atom is -0.497 e. The minimum absolute atomic E-state index is 0.0722. The summed E-state index contributed by atoms with van der Waals surface area (Å²) in [5.74, 6) is 1.60. The molecule has 0 spiro atoms. The summed E-state index contributed by atoms with van der Waals surface area (Å²) in [5.41, 5.74) is 0.941. The van der Waals surface area contributed by atoms with E-state index in [4.69, 9.17) is 21.1 Å². The third kappa shape index (κ3) is 8.97. The van der Waals surface area contributed by atoms with Crippen molar-refractivity contribution in [2.75, 3.05) is 20.3 Å². The fourth-order valence-corrected chi connectivity index (χ4v) is 3.48. The molecule has 0 heterocycles. The molecule has 2 aromatic rings. The van der Waals surface area contributed by atoms with Crippen molar-refractivity contribution in [2.24, 2.45) is 5.92 Å². The third-order valence-electron chi connectivity index (χ3n) is 5.20. The molecule has 1 N–H and O–H groups in total. The molecule has 2 amide bonds. The van der Waals surface area contributed by atoms with Gasteiger partial charge in [0, 0.05) is 24.5 Å². The van der Waals surface area contributed by atoms with Gasteiger partial charge in [0.05, 0.1) is 13.7 Å². The number of methoxy groups -OCH3 is 1. The maximum absolute atomic E-state index is 13.2. The molecule has 0 aromatic heterocycles. The SMILES string of the molecule is CCC(C(=O)NCC(C)C)N(Cc1ccc(OC)cc1)C(=O)CCCOc1ccc(Cl)cc1. The van der Waals surface area contributed by atoms with E-state index in [1.54, 1.807) is 36.3 Å². The lowest BCUT2D eigenvalue weighted by molar-refractivity contribution is -0.141. The Bertz CT molecular complexity index is 869. The van der Waals surface area contributed by atoms with E-state index in [9.17, 15) is 9.59 Å². The van der Waals surface area contributed by atoms with Gasteiger partial charge in [-0.25, -0.2) is 0 Å². The van der Waals surface area contributed by atoms with E-state index in [1.165, 1.54) is 0 Å². The first-order chi connectivity index (χ1) is 15.8. The second kappa shape index (κ2) is 13.7. The van der Waals surface area contributed by atoms with Gasteiger partial charge in [0.1, 0.15) is 17.5 Å². The molecule has 180 valence electrons. The van der Waals surface area contributed by atoms with Gasteiger partial charge in [-0.2, -0.15) is 0 Å². The van der Waals surface area contributed by atoms with Crippen LogP contribution in [-0.4, -0.2) is 43.0 Å². The van der Waals surface area contributed by atoms with E-state index in [-0.39, 0.29) is 18.2 Å². The van der Waals surface area contributed by atoms with Crippen LogP contribution in [0.5, 0.6) is 11.5 Å². The van der Waals surface area contributed by atoms with E-state index in [0.29, 0.717) is 49.2 Å². The highest BCUT2D eigenvalue weighted by molar-refractivity contribution is 6.30. The van der Waals surface area contributed by atoms with Crippen LogP contribution in [0.1, 0.15) is 45.6 Å². The lowest BCUT2D eigenvalue weighted by atomic mass is 10.1. The number of hydrogen-bond donors (Lipinski definition) is 1. The molecule has 2 rings (SSSR count). The van der Waals surface area contributed by atoms with E-state index in [1.807, 2.05) is 45.0 Å². The third-order valence-corrected chi connectivity index (χ3v) is 5.45. The number of rotatable bonds is 13. The summed E-state index contributed by atoms with van der Waals surface area (Å²) >= 11 is 5.90. The second-order valence-electron chi connectivity index (χ2n) is 8.34. The van der Waals surface area contributed by atoms with Crippen LogP contribution in [-0.2, 0) is 16.1 Å². The normalized spacial score (nSPS) is 11.7. The zero-order valence-corrected chi connectivity index (χ0v) is 20.7. The Morgan fingerprint density at radius 3 is 2.24 bits per heavy atom. The molecule has 0 aliphatic rings. The summed E-state index contributed by atoms with van der Waals surface area (Å²) < 4.78 is 10.9. The highest BCUT2D eigenvalue weighted by Gasteiger charge is 2.28. The van der Waals surface area contributed by atoms with Crippen LogP contribution >= 0.6 is 11.6 Å². The number of nitrogens with one attached hydrogen (secondary N) is 1. The van der Waals surface area contributed by atoms with Gasteiger partial charge in [-0.15, -0.1) is 0 Å². The quantitative estimate of drug-likeness (QED) is 0.411. The summed E-state index contributed by atoms with van der Waals surface area (Å²) in [7, 11) is 1.61. The molecular formula is C26H35ClN2O4. The predicted octanol–water partition coefficient (Wildman–Crippen LogP) is 5.09. The standard InChI is InChI=1S/C26H35ClN2O4/c1-5-24(26(31)28-17-19(2)3)29(18-20-8-12-22(32-4)13-9-20)25(30)7-6-16-33-23-14-10-21(27)11-15-23/h8-15,19,24H,5-7,16-18H2,1-4H3,(H,28,31). The molecule has 0 fully saturated rings. The molecule has 1 unspecified atom stereocenters. The summed E-state index contributed by atoms with van der Waals surface area (Å²) in [6, 6.07) is 14.1. The van der Waals surface area contributed by atoms with Gasteiger partial charge in [0.15, 0.2) is 0 Å². The summed E-state index contributed by atoms with van der Waals surface area (Å²) in [4.78, 5) is 27.8. The van der Waals surface area contributed by atoms with Crippen molar-refractivity contribution >= 4 is 23.4 Å². The minimum atomic E-state index is -0.532. The number of amides is 2. The summed E-state index contributed by atoms with van der Waals surface area (Å²) in [5, 5.41) is 3.62. The first kappa shape index (κ1) is 26.5. The average Bonchev–Trinajstić information content (AvgIpc) is 2.81. The first-order valence-corrected chi connectivity index (χ1v) is 11.8. The Morgan fingerprint density at radius 1 is 1.03 bits per heavy atom. The van der Waals surface area contributed by atoms with Gasteiger partial charge in [-0.3, -0.25) is 9.59 Å². The molecule has 0 aliphatic heterocycles. The Labute approximate surface area is 202 Å². The van der Waals surface area contributed by atoms with Crippen molar-refractivity contribution in [2.45, 2.75) is 52.6 Å². The largest absolute Gasteiger partial charge is 0.497 e. The zero-order valence-electron chi connectivity index (χ0n) is 20.0. The molecule has 6 nitrogen and oxygen atoms in total. The summed E-state index contributed by atoms with van der Waals surface area (Å²) in [6.45, 7) is 7.35. The van der Waals surface area contributed by atoms with Gasteiger partial charge in [0.25, 0.3) is 0 Å². The van der Waals surface area contributed by atoms with E-state index >= 15 is 0 Å². The van der Waals surface area contributed by atoms with Gasteiger partial charge in [-0.05, 0) is 60.7 Å². The van der Waals surface area contributed by atoms with Gasteiger partial charge >= 0.3 is 0 Å². The van der Waals surface area contributed by atoms with Crippen LogP contribution in [0, 0.1) is 5.92 Å². The van der Waals surface area contributed by atoms with Gasteiger partial charge in [-0.1, -0.05) is 44.5 Å². The van der Waals surface area contributed by atoms with Crippen molar-refractivity contribution in [3.05, 3.63) is 59.1 Å². The smallest absolute Gasteiger partial charge is 0.242 e. The summed E-state index contributed by atoms with van der Waals surface area (Å²) in [6.07, 6.45) is 1.37. The maximum Gasteiger partial charge on any atom is 0.242 e. The number of carbonyl (C=O) groups excluding carboxylic acids is 2. The zero-order chi connectivity index (χ0) is 24.2. The highest BCUT2D eigenvalue weighted by Crippen LogP contribution is 2.18. The second-order valence-corrected chi connectivity index (χ2v) is 8.78. The van der Waals surface area contributed by atoms with Crippen molar-refractivity contribution < 1.29 is 19.1 Å². The monoisotopic (exact) mass is 474 g/mol. The maximum atomic E-state index is 13.2. The topological polar surface area (TPSA) is 67.9 Å². The number of carbonyl (C=O) groups is 2.